The normalized spacial score (nSPS) is 12.1. The van der Waals surface area contributed by atoms with Crippen molar-refractivity contribution >= 4 is 11.6 Å². The topological polar surface area (TPSA) is 124 Å². The fourth-order valence-corrected chi connectivity index (χ4v) is 1.52. The first-order valence-electron chi connectivity index (χ1n) is 5.42. The van der Waals surface area contributed by atoms with Crippen molar-refractivity contribution < 1.29 is 9.72 Å². The van der Waals surface area contributed by atoms with Crippen LogP contribution in [-0.2, 0) is 11.3 Å². The summed E-state index contributed by atoms with van der Waals surface area (Å²) in [6.45, 7) is 2.31. The molecule has 0 bridgehead atoms. The SMILES string of the molecule is Cc1c(CNCC(N)C(N)=O)cccc1[N+](=O)[O-]. The quantitative estimate of drug-likeness (QED) is 0.478. The summed E-state index contributed by atoms with van der Waals surface area (Å²) in [5.74, 6) is -0.585. The van der Waals surface area contributed by atoms with Crippen molar-refractivity contribution in [2.75, 3.05) is 6.54 Å². The summed E-state index contributed by atoms with van der Waals surface area (Å²) >= 11 is 0. The second-order valence-electron chi connectivity index (χ2n) is 3.96. The molecule has 1 unspecified atom stereocenters. The van der Waals surface area contributed by atoms with Crippen molar-refractivity contribution in [3.8, 4) is 0 Å². The van der Waals surface area contributed by atoms with Crippen LogP contribution < -0.4 is 16.8 Å². The Morgan fingerprint density at radius 2 is 2.22 bits per heavy atom. The molecule has 1 aromatic carbocycles. The zero-order valence-electron chi connectivity index (χ0n) is 10.1. The van der Waals surface area contributed by atoms with E-state index in [2.05, 4.69) is 5.32 Å². The van der Waals surface area contributed by atoms with Crippen LogP contribution in [0.1, 0.15) is 11.1 Å². The molecule has 0 aliphatic heterocycles. The number of primary amides is 1. The molecule has 0 heterocycles. The lowest BCUT2D eigenvalue weighted by atomic mass is 10.1. The van der Waals surface area contributed by atoms with E-state index in [-0.39, 0.29) is 12.2 Å². The third-order valence-corrected chi connectivity index (χ3v) is 2.66. The van der Waals surface area contributed by atoms with Gasteiger partial charge in [-0.05, 0) is 12.5 Å². The number of rotatable bonds is 6. The Morgan fingerprint density at radius 3 is 2.78 bits per heavy atom. The second kappa shape index (κ2) is 6.08. The van der Waals surface area contributed by atoms with E-state index in [1.54, 1.807) is 19.1 Å². The van der Waals surface area contributed by atoms with Gasteiger partial charge in [-0.1, -0.05) is 12.1 Å². The van der Waals surface area contributed by atoms with Crippen molar-refractivity contribution in [1.29, 1.82) is 0 Å². The smallest absolute Gasteiger partial charge is 0.272 e. The number of nitrogens with two attached hydrogens (primary N) is 2. The minimum Gasteiger partial charge on any atom is -0.368 e. The molecule has 0 aliphatic carbocycles. The van der Waals surface area contributed by atoms with E-state index in [1.165, 1.54) is 6.07 Å². The molecule has 1 atom stereocenters. The van der Waals surface area contributed by atoms with Crippen LogP contribution >= 0.6 is 0 Å². The number of amides is 1. The monoisotopic (exact) mass is 252 g/mol. The molecule has 0 fully saturated rings. The number of benzene rings is 1. The molecule has 1 aromatic rings. The van der Waals surface area contributed by atoms with Gasteiger partial charge in [0.15, 0.2) is 0 Å². The second-order valence-corrected chi connectivity index (χ2v) is 3.96. The highest BCUT2D eigenvalue weighted by atomic mass is 16.6. The molecule has 7 heteroatoms. The fraction of sp³-hybridized carbons (Fsp3) is 0.364. The van der Waals surface area contributed by atoms with E-state index >= 15 is 0 Å². The Kier molecular flexibility index (Phi) is 4.75. The molecule has 0 radical (unpaired) electrons. The minimum absolute atomic E-state index is 0.0773. The Morgan fingerprint density at radius 1 is 1.56 bits per heavy atom. The van der Waals surface area contributed by atoms with Gasteiger partial charge in [0.05, 0.1) is 11.0 Å². The van der Waals surface area contributed by atoms with Crippen molar-refractivity contribution in [2.45, 2.75) is 19.5 Å². The molecule has 0 saturated carbocycles. The molecular formula is C11H16N4O3. The number of nitro groups is 1. The highest BCUT2D eigenvalue weighted by Crippen LogP contribution is 2.20. The molecule has 7 nitrogen and oxygen atoms in total. The van der Waals surface area contributed by atoms with Crippen molar-refractivity contribution in [3.63, 3.8) is 0 Å². The van der Waals surface area contributed by atoms with Gasteiger partial charge in [-0.15, -0.1) is 0 Å². The van der Waals surface area contributed by atoms with Crippen molar-refractivity contribution in [2.24, 2.45) is 11.5 Å². The predicted octanol–water partition coefficient (Wildman–Crippen LogP) is -0.195. The van der Waals surface area contributed by atoms with Gasteiger partial charge in [0, 0.05) is 24.7 Å². The Hall–Kier alpha value is -1.99. The number of carbonyl (C=O) groups is 1. The summed E-state index contributed by atoms with van der Waals surface area (Å²) in [5.41, 5.74) is 11.9. The summed E-state index contributed by atoms with van der Waals surface area (Å²) < 4.78 is 0. The number of nitrogens with one attached hydrogen (secondary N) is 1. The summed E-state index contributed by atoms with van der Waals surface area (Å²) in [6, 6.07) is 4.10. The van der Waals surface area contributed by atoms with Crippen LogP contribution in [0.3, 0.4) is 0 Å². The highest BCUT2D eigenvalue weighted by Gasteiger charge is 2.13. The van der Waals surface area contributed by atoms with Crippen molar-refractivity contribution in [1.82, 2.24) is 5.32 Å². The van der Waals surface area contributed by atoms with Gasteiger partial charge in [0.25, 0.3) is 5.69 Å². The third kappa shape index (κ3) is 3.51. The summed E-state index contributed by atoms with van der Waals surface area (Å²) in [7, 11) is 0. The van der Waals surface area contributed by atoms with Crippen LogP contribution in [0.25, 0.3) is 0 Å². The van der Waals surface area contributed by atoms with Gasteiger partial charge in [-0.25, -0.2) is 0 Å². The zero-order valence-corrected chi connectivity index (χ0v) is 10.1. The van der Waals surface area contributed by atoms with Gasteiger partial charge in [-0.2, -0.15) is 0 Å². The number of nitro benzene ring substituents is 1. The van der Waals surface area contributed by atoms with Gasteiger partial charge in [-0.3, -0.25) is 14.9 Å². The molecule has 98 valence electrons. The first-order chi connectivity index (χ1) is 8.43. The standard InChI is InChI=1S/C11H16N4O3/c1-7-8(3-2-4-10(7)15(17)18)5-14-6-9(12)11(13)16/h2-4,9,14H,5-6,12H2,1H3,(H2,13,16). The first-order valence-corrected chi connectivity index (χ1v) is 5.42. The van der Waals surface area contributed by atoms with Crippen LogP contribution in [0.15, 0.2) is 18.2 Å². The zero-order chi connectivity index (χ0) is 13.7. The largest absolute Gasteiger partial charge is 0.368 e. The van der Waals surface area contributed by atoms with E-state index in [0.717, 1.165) is 5.56 Å². The molecule has 0 spiro atoms. The molecule has 1 amide bonds. The lowest BCUT2D eigenvalue weighted by Gasteiger charge is -2.10. The molecule has 0 aromatic heterocycles. The summed E-state index contributed by atoms with van der Waals surface area (Å²) in [4.78, 5) is 21.0. The van der Waals surface area contributed by atoms with Gasteiger partial charge in [0.2, 0.25) is 5.91 Å². The number of nitrogens with zero attached hydrogens (tertiary/aromatic N) is 1. The lowest BCUT2D eigenvalue weighted by molar-refractivity contribution is -0.385. The Labute approximate surface area is 104 Å². The third-order valence-electron chi connectivity index (χ3n) is 2.66. The van der Waals surface area contributed by atoms with Crippen LogP contribution in [0.5, 0.6) is 0 Å². The van der Waals surface area contributed by atoms with Gasteiger partial charge in [0.1, 0.15) is 0 Å². The van der Waals surface area contributed by atoms with E-state index < -0.39 is 16.9 Å². The van der Waals surface area contributed by atoms with Crippen LogP contribution in [0.2, 0.25) is 0 Å². The fourth-order valence-electron chi connectivity index (χ4n) is 1.52. The van der Waals surface area contributed by atoms with Gasteiger partial charge >= 0.3 is 0 Å². The summed E-state index contributed by atoms with van der Waals surface area (Å²) in [5, 5.41) is 13.7. The average molecular weight is 252 g/mol. The lowest BCUT2D eigenvalue weighted by Crippen LogP contribution is -2.44. The van der Waals surface area contributed by atoms with E-state index in [1.807, 2.05) is 0 Å². The maximum absolute atomic E-state index is 10.7. The molecule has 0 aliphatic rings. The van der Waals surface area contributed by atoms with Crippen molar-refractivity contribution in [3.05, 3.63) is 39.4 Å². The maximum Gasteiger partial charge on any atom is 0.272 e. The number of carbonyl (C=O) groups excluding carboxylic acids is 1. The number of hydrogen-bond acceptors (Lipinski definition) is 5. The molecule has 1 rings (SSSR count). The van der Waals surface area contributed by atoms with Crippen LogP contribution in [0.4, 0.5) is 5.69 Å². The molecule has 0 saturated heterocycles. The van der Waals surface area contributed by atoms with E-state index in [9.17, 15) is 14.9 Å². The van der Waals surface area contributed by atoms with Crippen LogP contribution in [0, 0.1) is 17.0 Å². The van der Waals surface area contributed by atoms with E-state index in [0.29, 0.717) is 12.1 Å². The molecule has 5 N–H and O–H groups in total. The molecular weight excluding hydrogens is 236 g/mol. The van der Waals surface area contributed by atoms with Gasteiger partial charge < -0.3 is 16.8 Å². The minimum atomic E-state index is -0.760. The average Bonchev–Trinajstić information content (AvgIpc) is 2.30. The molecule has 18 heavy (non-hydrogen) atoms. The summed E-state index contributed by atoms with van der Waals surface area (Å²) in [6.07, 6.45) is 0. The predicted molar refractivity (Wildman–Crippen MR) is 66.7 cm³/mol. The first kappa shape index (κ1) is 14.1. The highest BCUT2D eigenvalue weighted by molar-refractivity contribution is 5.79. The number of hydrogen-bond donors (Lipinski definition) is 3. The maximum atomic E-state index is 10.7. The Bertz CT molecular complexity index is 462. The Balaban J connectivity index is 2.66. The van der Waals surface area contributed by atoms with Crippen LogP contribution in [-0.4, -0.2) is 23.4 Å². The van der Waals surface area contributed by atoms with E-state index in [4.69, 9.17) is 11.5 Å².